The van der Waals surface area contributed by atoms with Gasteiger partial charge in [-0.05, 0) is 56.5 Å². The summed E-state index contributed by atoms with van der Waals surface area (Å²) in [5.41, 5.74) is 2.63. The van der Waals surface area contributed by atoms with Crippen LogP contribution in [-0.4, -0.2) is 48.4 Å². The number of carbonyl (C=O) groups is 1. The summed E-state index contributed by atoms with van der Waals surface area (Å²) in [5.74, 6) is 1.35. The van der Waals surface area contributed by atoms with Crippen molar-refractivity contribution in [3.05, 3.63) is 59.5 Å². The molecule has 4 heteroatoms. The Morgan fingerprint density at radius 3 is 2.54 bits per heavy atom. The highest BCUT2D eigenvalue weighted by Crippen LogP contribution is 2.34. The molecule has 26 heavy (non-hydrogen) atoms. The standard InChI is InChI=1S/C22H28N2O2/c1-17-7-9-18(10-8-17)20-16-24(22(25)21-6-5-13-26-21)15-19(20)14-23-11-3-2-4-12-23/h5-10,13,19-20H,2-4,11-12,14-16H2,1H3/t19-,20+/m1/s1. The number of nitrogens with zero attached hydrogens (tertiary/aromatic N) is 2. The molecule has 2 aliphatic rings. The Morgan fingerprint density at radius 2 is 1.85 bits per heavy atom. The Morgan fingerprint density at radius 1 is 1.08 bits per heavy atom. The molecular weight excluding hydrogens is 324 g/mol. The highest BCUT2D eigenvalue weighted by molar-refractivity contribution is 5.91. The number of amides is 1. The fourth-order valence-corrected chi connectivity index (χ4v) is 4.44. The van der Waals surface area contributed by atoms with Gasteiger partial charge in [0, 0.05) is 25.6 Å². The lowest BCUT2D eigenvalue weighted by molar-refractivity contribution is 0.0750. The molecule has 2 aromatic rings. The molecule has 3 heterocycles. The Kier molecular flexibility index (Phi) is 5.11. The monoisotopic (exact) mass is 352 g/mol. The first-order valence-electron chi connectivity index (χ1n) is 9.82. The van der Waals surface area contributed by atoms with Gasteiger partial charge in [-0.3, -0.25) is 4.79 Å². The molecule has 2 fully saturated rings. The first-order chi connectivity index (χ1) is 12.7. The van der Waals surface area contributed by atoms with Gasteiger partial charge >= 0.3 is 0 Å². The molecule has 0 N–H and O–H groups in total. The molecule has 1 aromatic carbocycles. The fraction of sp³-hybridized carbons (Fsp3) is 0.500. The number of hydrogen-bond acceptors (Lipinski definition) is 3. The maximum atomic E-state index is 12.8. The zero-order valence-electron chi connectivity index (χ0n) is 15.6. The van der Waals surface area contributed by atoms with Gasteiger partial charge in [0.1, 0.15) is 0 Å². The second kappa shape index (κ2) is 7.67. The van der Waals surface area contributed by atoms with Crippen molar-refractivity contribution in [3.63, 3.8) is 0 Å². The van der Waals surface area contributed by atoms with E-state index in [9.17, 15) is 4.79 Å². The Balaban J connectivity index is 1.53. The quantitative estimate of drug-likeness (QED) is 0.836. The van der Waals surface area contributed by atoms with Crippen molar-refractivity contribution in [2.45, 2.75) is 32.1 Å². The second-order valence-electron chi connectivity index (χ2n) is 7.83. The van der Waals surface area contributed by atoms with Crippen LogP contribution in [-0.2, 0) is 0 Å². The van der Waals surface area contributed by atoms with Gasteiger partial charge in [0.15, 0.2) is 5.76 Å². The Bertz CT molecular complexity index is 717. The van der Waals surface area contributed by atoms with Gasteiger partial charge in [0.2, 0.25) is 0 Å². The summed E-state index contributed by atoms with van der Waals surface area (Å²) < 4.78 is 5.35. The average molecular weight is 352 g/mol. The van der Waals surface area contributed by atoms with Gasteiger partial charge in [0.05, 0.1) is 6.26 Å². The summed E-state index contributed by atoms with van der Waals surface area (Å²) in [5, 5.41) is 0. The predicted octanol–water partition coefficient (Wildman–Crippen LogP) is 3.93. The van der Waals surface area contributed by atoms with Gasteiger partial charge in [0.25, 0.3) is 5.91 Å². The number of furan rings is 1. The molecule has 1 aromatic heterocycles. The number of rotatable bonds is 4. The minimum Gasteiger partial charge on any atom is -0.459 e. The third-order valence-corrected chi connectivity index (χ3v) is 5.91. The van der Waals surface area contributed by atoms with E-state index >= 15 is 0 Å². The van der Waals surface area contributed by atoms with E-state index < -0.39 is 0 Å². The Hall–Kier alpha value is -2.07. The van der Waals surface area contributed by atoms with Crippen molar-refractivity contribution in [3.8, 4) is 0 Å². The summed E-state index contributed by atoms with van der Waals surface area (Å²) in [6.07, 6.45) is 5.53. The largest absolute Gasteiger partial charge is 0.459 e. The SMILES string of the molecule is Cc1ccc([C@@H]2CN(C(=O)c3ccco3)C[C@H]2CN2CCCCC2)cc1. The van der Waals surface area contributed by atoms with E-state index in [2.05, 4.69) is 36.1 Å². The van der Waals surface area contributed by atoms with Crippen molar-refractivity contribution in [2.24, 2.45) is 5.92 Å². The summed E-state index contributed by atoms with van der Waals surface area (Å²) in [6, 6.07) is 12.4. The van der Waals surface area contributed by atoms with Crippen LogP contribution >= 0.6 is 0 Å². The van der Waals surface area contributed by atoms with Crippen molar-refractivity contribution in [1.29, 1.82) is 0 Å². The summed E-state index contributed by atoms with van der Waals surface area (Å²) >= 11 is 0. The number of benzene rings is 1. The van der Waals surface area contributed by atoms with E-state index in [1.54, 1.807) is 18.4 Å². The lowest BCUT2D eigenvalue weighted by Crippen LogP contribution is -2.36. The maximum Gasteiger partial charge on any atom is 0.289 e. The molecule has 0 radical (unpaired) electrons. The van der Waals surface area contributed by atoms with Crippen LogP contribution in [0.1, 0.15) is 46.9 Å². The minimum atomic E-state index is 0.0215. The van der Waals surface area contributed by atoms with Crippen LogP contribution < -0.4 is 0 Å². The van der Waals surface area contributed by atoms with Crippen molar-refractivity contribution in [1.82, 2.24) is 9.80 Å². The van der Waals surface area contributed by atoms with E-state index in [1.807, 2.05) is 4.90 Å². The van der Waals surface area contributed by atoms with Crippen LogP contribution in [0.5, 0.6) is 0 Å². The molecule has 4 rings (SSSR count). The Labute approximate surface area is 155 Å². The van der Waals surface area contributed by atoms with Gasteiger partial charge in [-0.25, -0.2) is 0 Å². The third-order valence-electron chi connectivity index (χ3n) is 5.91. The van der Waals surface area contributed by atoms with E-state index in [0.717, 1.165) is 19.6 Å². The summed E-state index contributed by atoms with van der Waals surface area (Å²) in [6.45, 7) is 7.19. The predicted molar refractivity (Wildman–Crippen MR) is 102 cm³/mol. The van der Waals surface area contributed by atoms with Crippen molar-refractivity contribution >= 4 is 5.91 Å². The number of aryl methyl sites for hydroxylation is 1. The van der Waals surface area contributed by atoms with Crippen LogP contribution in [0.4, 0.5) is 0 Å². The molecule has 1 amide bonds. The highest BCUT2D eigenvalue weighted by atomic mass is 16.3. The van der Waals surface area contributed by atoms with E-state index in [-0.39, 0.29) is 5.91 Å². The molecule has 0 bridgehead atoms. The van der Waals surface area contributed by atoms with Gasteiger partial charge < -0.3 is 14.2 Å². The molecule has 4 nitrogen and oxygen atoms in total. The average Bonchev–Trinajstić information content (AvgIpc) is 3.33. The van der Waals surface area contributed by atoms with E-state index in [0.29, 0.717) is 17.6 Å². The molecule has 0 spiro atoms. The fourth-order valence-electron chi connectivity index (χ4n) is 4.44. The number of carbonyl (C=O) groups excluding carboxylic acids is 1. The smallest absolute Gasteiger partial charge is 0.289 e. The van der Waals surface area contributed by atoms with E-state index in [1.165, 1.54) is 43.5 Å². The molecule has 0 aliphatic carbocycles. The van der Waals surface area contributed by atoms with Crippen LogP contribution in [0.15, 0.2) is 47.1 Å². The third kappa shape index (κ3) is 3.70. The topological polar surface area (TPSA) is 36.7 Å². The molecule has 0 saturated carbocycles. The van der Waals surface area contributed by atoms with Gasteiger partial charge in [-0.2, -0.15) is 0 Å². The number of likely N-dealkylation sites (tertiary alicyclic amines) is 2. The van der Waals surface area contributed by atoms with Gasteiger partial charge in [-0.15, -0.1) is 0 Å². The molecule has 138 valence electrons. The van der Waals surface area contributed by atoms with Gasteiger partial charge in [-0.1, -0.05) is 36.2 Å². The van der Waals surface area contributed by atoms with Crippen LogP contribution in [0.25, 0.3) is 0 Å². The molecular formula is C22H28N2O2. The highest BCUT2D eigenvalue weighted by Gasteiger charge is 2.38. The second-order valence-corrected chi connectivity index (χ2v) is 7.83. The molecule has 0 unspecified atom stereocenters. The lowest BCUT2D eigenvalue weighted by Gasteiger charge is -2.31. The summed E-state index contributed by atoms with van der Waals surface area (Å²) in [4.78, 5) is 17.4. The van der Waals surface area contributed by atoms with Crippen molar-refractivity contribution < 1.29 is 9.21 Å². The molecule has 2 atom stereocenters. The first-order valence-corrected chi connectivity index (χ1v) is 9.82. The lowest BCUT2D eigenvalue weighted by atomic mass is 9.88. The normalized spacial score (nSPS) is 24.1. The van der Waals surface area contributed by atoms with E-state index in [4.69, 9.17) is 4.42 Å². The summed E-state index contributed by atoms with van der Waals surface area (Å²) in [7, 11) is 0. The van der Waals surface area contributed by atoms with Crippen LogP contribution in [0.3, 0.4) is 0 Å². The van der Waals surface area contributed by atoms with Crippen molar-refractivity contribution in [2.75, 3.05) is 32.7 Å². The van der Waals surface area contributed by atoms with Crippen LogP contribution in [0, 0.1) is 12.8 Å². The number of hydrogen-bond donors (Lipinski definition) is 0. The maximum absolute atomic E-state index is 12.8. The molecule has 2 saturated heterocycles. The molecule has 2 aliphatic heterocycles. The zero-order chi connectivity index (χ0) is 17.9. The zero-order valence-corrected chi connectivity index (χ0v) is 15.6. The number of piperidine rings is 1. The first kappa shape index (κ1) is 17.3. The minimum absolute atomic E-state index is 0.0215. The van der Waals surface area contributed by atoms with Crippen LogP contribution in [0.2, 0.25) is 0 Å².